The van der Waals surface area contributed by atoms with Gasteiger partial charge in [0.25, 0.3) is 5.69 Å². The van der Waals surface area contributed by atoms with Crippen molar-refractivity contribution in [3.63, 3.8) is 0 Å². The third-order valence-corrected chi connectivity index (χ3v) is 3.85. The van der Waals surface area contributed by atoms with Crippen LogP contribution in [0.5, 0.6) is 0 Å². The Hall–Kier alpha value is -2.13. The number of anilines is 1. The Kier molecular flexibility index (Phi) is 4.20. The van der Waals surface area contributed by atoms with Crippen LogP contribution in [0, 0.1) is 21.4 Å². The normalized spacial score (nSPS) is 16.2. The van der Waals surface area contributed by atoms with Crippen LogP contribution in [0.3, 0.4) is 0 Å². The first-order valence-electron chi connectivity index (χ1n) is 6.63. The lowest BCUT2D eigenvalue weighted by Gasteiger charge is -2.36. The molecule has 20 heavy (non-hydrogen) atoms. The van der Waals surface area contributed by atoms with Crippen LogP contribution in [-0.2, 0) is 0 Å². The van der Waals surface area contributed by atoms with Gasteiger partial charge in [0.1, 0.15) is 6.07 Å². The first-order valence-corrected chi connectivity index (χ1v) is 6.63. The molecule has 6 nitrogen and oxygen atoms in total. The number of benzene rings is 1. The van der Waals surface area contributed by atoms with Gasteiger partial charge in [0.2, 0.25) is 0 Å². The topological polar surface area (TPSA) is 73.4 Å². The van der Waals surface area contributed by atoms with Crippen LogP contribution in [0.1, 0.15) is 18.4 Å². The zero-order chi connectivity index (χ0) is 14.7. The van der Waals surface area contributed by atoms with E-state index in [1.54, 1.807) is 6.07 Å². The highest BCUT2D eigenvalue weighted by Gasteiger charge is 2.23. The van der Waals surface area contributed by atoms with Gasteiger partial charge in [0.05, 0.1) is 16.2 Å². The molecule has 1 saturated heterocycles. The molecular weight excluding hydrogens is 256 g/mol. The van der Waals surface area contributed by atoms with E-state index in [1.807, 2.05) is 0 Å². The summed E-state index contributed by atoms with van der Waals surface area (Å²) in [5, 5.41) is 19.9. The van der Waals surface area contributed by atoms with E-state index < -0.39 is 4.92 Å². The maximum atomic E-state index is 10.8. The Morgan fingerprint density at radius 1 is 1.40 bits per heavy atom. The molecule has 1 heterocycles. The summed E-state index contributed by atoms with van der Waals surface area (Å²) in [5.41, 5.74) is 1.14. The van der Waals surface area contributed by atoms with E-state index in [-0.39, 0.29) is 5.69 Å². The number of rotatable bonds is 3. The predicted molar refractivity (Wildman–Crippen MR) is 76.7 cm³/mol. The summed E-state index contributed by atoms with van der Waals surface area (Å²) >= 11 is 0. The number of non-ortho nitro benzene ring substituents is 1. The van der Waals surface area contributed by atoms with Crippen LogP contribution in [-0.4, -0.2) is 43.0 Å². The number of nitro groups is 1. The molecule has 0 saturated carbocycles. The van der Waals surface area contributed by atoms with Crippen molar-refractivity contribution in [1.29, 1.82) is 5.26 Å². The van der Waals surface area contributed by atoms with Crippen molar-refractivity contribution >= 4 is 11.4 Å². The number of nitrogens with zero attached hydrogens (tertiary/aromatic N) is 4. The molecule has 2 rings (SSSR count). The predicted octanol–water partition coefficient (Wildman–Crippen LogP) is 2.00. The number of nitro benzene ring substituents is 1. The minimum Gasteiger partial charge on any atom is -0.370 e. The molecule has 1 aromatic carbocycles. The van der Waals surface area contributed by atoms with Gasteiger partial charge in [-0.3, -0.25) is 10.1 Å². The number of hydrogen-bond donors (Lipinski definition) is 0. The van der Waals surface area contributed by atoms with Crippen LogP contribution in [0.15, 0.2) is 18.2 Å². The van der Waals surface area contributed by atoms with Gasteiger partial charge in [0.15, 0.2) is 0 Å². The first-order chi connectivity index (χ1) is 9.52. The van der Waals surface area contributed by atoms with Crippen LogP contribution < -0.4 is 4.90 Å². The van der Waals surface area contributed by atoms with Crippen LogP contribution >= 0.6 is 0 Å². The van der Waals surface area contributed by atoms with Gasteiger partial charge in [-0.25, -0.2) is 0 Å². The van der Waals surface area contributed by atoms with Crippen molar-refractivity contribution in [1.82, 2.24) is 4.90 Å². The molecule has 6 heteroatoms. The highest BCUT2D eigenvalue weighted by molar-refractivity contribution is 5.63. The standard InChI is InChI=1S/C14H18N4O2/c1-16(2)12-5-7-17(8-6-12)14-4-3-13(18(19)20)9-11(14)10-15/h3-4,9,12H,5-8H2,1-2H3. The smallest absolute Gasteiger partial charge is 0.270 e. The summed E-state index contributed by atoms with van der Waals surface area (Å²) in [5.74, 6) is 0. The Morgan fingerprint density at radius 3 is 2.55 bits per heavy atom. The highest BCUT2D eigenvalue weighted by Crippen LogP contribution is 2.28. The molecule has 1 aliphatic rings. The Bertz CT molecular complexity index is 543. The summed E-state index contributed by atoms with van der Waals surface area (Å²) in [6.07, 6.45) is 2.07. The van der Waals surface area contributed by atoms with Gasteiger partial charge in [-0.2, -0.15) is 5.26 Å². The van der Waals surface area contributed by atoms with E-state index in [4.69, 9.17) is 0 Å². The second kappa shape index (κ2) is 5.88. The van der Waals surface area contributed by atoms with Crippen molar-refractivity contribution in [2.45, 2.75) is 18.9 Å². The van der Waals surface area contributed by atoms with Crippen LogP contribution in [0.4, 0.5) is 11.4 Å². The van der Waals surface area contributed by atoms with Gasteiger partial charge in [-0.1, -0.05) is 0 Å². The lowest BCUT2D eigenvalue weighted by Crippen LogP contribution is -2.42. The lowest BCUT2D eigenvalue weighted by molar-refractivity contribution is -0.384. The fourth-order valence-electron chi connectivity index (χ4n) is 2.63. The van der Waals surface area contributed by atoms with E-state index in [9.17, 15) is 15.4 Å². The fourth-order valence-corrected chi connectivity index (χ4v) is 2.63. The maximum Gasteiger partial charge on any atom is 0.270 e. The molecule has 0 unspecified atom stereocenters. The minimum atomic E-state index is -0.469. The van der Waals surface area contributed by atoms with Crippen molar-refractivity contribution in [3.8, 4) is 6.07 Å². The average molecular weight is 274 g/mol. The molecule has 1 aliphatic heterocycles. The molecule has 0 aromatic heterocycles. The first kappa shape index (κ1) is 14.3. The van der Waals surface area contributed by atoms with Gasteiger partial charge in [-0.15, -0.1) is 0 Å². The van der Waals surface area contributed by atoms with E-state index in [0.717, 1.165) is 31.6 Å². The van der Waals surface area contributed by atoms with E-state index in [1.165, 1.54) is 12.1 Å². The second-order valence-corrected chi connectivity index (χ2v) is 5.25. The van der Waals surface area contributed by atoms with Crippen molar-refractivity contribution in [2.75, 3.05) is 32.1 Å². The summed E-state index contributed by atoms with van der Waals surface area (Å²) in [4.78, 5) is 14.6. The maximum absolute atomic E-state index is 10.8. The van der Waals surface area contributed by atoms with E-state index in [2.05, 4.69) is 30.0 Å². The van der Waals surface area contributed by atoms with Crippen molar-refractivity contribution < 1.29 is 4.92 Å². The second-order valence-electron chi connectivity index (χ2n) is 5.25. The summed E-state index contributed by atoms with van der Waals surface area (Å²) < 4.78 is 0. The highest BCUT2D eigenvalue weighted by atomic mass is 16.6. The molecule has 0 aliphatic carbocycles. The minimum absolute atomic E-state index is 0.0338. The summed E-state index contributed by atoms with van der Waals surface area (Å²) in [6.45, 7) is 1.74. The Labute approximate surface area is 118 Å². The Balaban J connectivity index is 2.18. The molecule has 0 atom stereocenters. The molecule has 1 aromatic rings. The molecule has 0 radical (unpaired) electrons. The van der Waals surface area contributed by atoms with Crippen molar-refractivity contribution in [3.05, 3.63) is 33.9 Å². The monoisotopic (exact) mass is 274 g/mol. The van der Waals surface area contributed by atoms with Gasteiger partial charge in [0, 0.05) is 31.3 Å². The number of nitriles is 1. The molecule has 0 spiro atoms. The van der Waals surface area contributed by atoms with Crippen molar-refractivity contribution in [2.24, 2.45) is 0 Å². The zero-order valence-corrected chi connectivity index (χ0v) is 11.7. The van der Waals surface area contributed by atoms with Crippen LogP contribution in [0.2, 0.25) is 0 Å². The largest absolute Gasteiger partial charge is 0.370 e. The molecular formula is C14H18N4O2. The van der Waals surface area contributed by atoms with E-state index >= 15 is 0 Å². The molecule has 0 amide bonds. The number of hydrogen-bond acceptors (Lipinski definition) is 5. The van der Waals surface area contributed by atoms with Gasteiger partial charge in [-0.05, 0) is 33.0 Å². The SMILES string of the molecule is CN(C)C1CCN(c2ccc([N+](=O)[O-])cc2C#N)CC1. The fraction of sp³-hybridized carbons (Fsp3) is 0.500. The lowest BCUT2D eigenvalue weighted by atomic mass is 10.0. The number of piperidine rings is 1. The average Bonchev–Trinajstić information content (AvgIpc) is 2.46. The zero-order valence-electron chi connectivity index (χ0n) is 11.7. The van der Waals surface area contributed by atoms with Crippen LogP contribution in [0.25, 0.3) is 0 Å². The molecule has 106 valence electrons. The van der Waals surface area contributed by atoms with Gasteiger partial charge >= 0.3 is 0 Å². The molecule has 0 bridgehead atoms. The van der Waals surface area contributed by atoms with Gasteiger partial charge < -0.3 is 9.80 Å². The quantitative estimate of drug-likeness (QED) is 0.622. The van der Waals surface area contributed by atoms with E-state index in [0.29, 0.717) is 11.6 Å². The third kappa shape index (κ3) is 2.89. The molecule has 1 fully saturated rings. The molecule has 0 N–H and O–H groups in total. The third-order valence-electron chi connectivity index (χ3n) is 3.85. The Morgan fingerprint density at radius 2 is 2.05 bits per heavy atom. The summed E-state index contributed by atoms with van der Waals surface area (Å²) in [7, 11) is 4.15. The summed E-state index contributed by atoms with van der Waals surface area (Å²) in [6, 6.07) is 7.14.